The first-order valence-corrected chi connectivity index (χ1v) is 8.11. The molecule has 20 heavy (non-hydrogen) atoms. The average molecular weight is 302 g/mol. The third kappa shape index (κ3) is 2.05. The van der Waals surface area contributed by atoms with Gasteiger partial charge in [0.05, 0.1) is 17.6 Å². The smallest absolute Gasteiger partial charge is 0.404 e. The van der Waals surface area contributed by atoms with Gasteiger partial charge < -0.3 is 14.4 Å². The third-order valence-corrected chi connectivity index (χ3v) is 6.39. The Bertz CT molecular complexity index is 383. The fourth-order valence-corrected chi connectivity index (χ4v) is 4.84. The summed E-state index contributed by atoms with van der Waals surface area (Å²) in [6.07, 6.45) is 3.99. The molecule has 0 aromatic rings. The first-order valence-electron chi connectivity index (χ1n) is 7.73. The zero-order valence-electron chi connectivity index (χ0n) is 12.6. The molecule has 0 radical (unpaired) electrons. The van der Waals surface area contributed by atoms with Crippen molar-refractivity contribution in [1.82, 2.24) is 4.84 Å². The zero-order valence-corrected chi connectivity index (χ0v) is 13.3. The van der Waals surface area contributed by atoms with E-state index in [0.29, 0.717) is 17.8 Å². The minimum Gasteiger partial charge on any atom is -0.404 e. The predicted octanol–water partition coefficient (Wildman–Crippen LogP) is 2.14. The van der Waals surface area contributed by atoms with Crippen LogP contribution in [0, 0.1) is 17.3 Å². The summed E-state index contributed by atoms with van der Waals surface area (Å²) in [5.74, 6) is 1.26. The molecule has 3 aliphatic carbocycles. The van der Waals surface area contributed by atoms with Crippen LogP contribution in [0.15, 0.2) is 0 Å². The largest absolute Gasteiger partial charge is 0.477 e. The quantitative estimate of drug-likeness (QED) is 0.603. The number of rotatable bonds is 5. The van der Waals surface area contributed by atoms with E-state index in [1.54, 1.807) is 0 Å². The fraction of sp³-hybridized carbons (Fsp3) is 1.00. The van der Waals surface area contributed by atoms with Gasteiger partial charge in [-0.1, -0.05) is 13.8 Å². The summed E-state index contributed by atoms with van der Waals surface area (Å²) >= 11 is 5.84. The van der Waals surface area contributed by atoms with E-state index in [-0.39, 0.29) is 31.4 Å². The molecule has 6 heteroatoms. The van der Waals surface area contributed by atoms with Crippen molar-refractivity contribution in [3.05, 3.63) is 0 Å². The minimum absolute atomic E-state index is 0.0634. The second kappa shape index (κ2) is 5.13. The van der Waals surface area contributed by atoms with Crippen LogP contribution in [-0.4, -0.2) is 36.5 Å². The van der Waals surface area contributed by atoms with Crippen LogP contribution in [0.4, 0.5) is 0 Å². The van der Waals surface area contributed by atoms with E-state index in [1.165, 1.54) is 6.42 Å². The Morgan fingerprint density at radius 3 is 2.75 bits per heavy atom. The molecule has 5 atom stereocenters. The number of aliphatic hydroxyl groups is 1. The Labute approximate surface area is 126 Å². The van der Waals surface area contributed by atoms with Gasteiger partial charge in [-0.25, -0.2) is 4.84 Å². The predicted molar refractivity (Wildman–Crippen MR) is 79.2 cm³/mol. The highest BCUT2D eigenvalue weighted by Gasteiger charge is 2.68. The summed E-state index contributed by atoms with van der Waals surface area (Å²) in [6.45, 7) is 7.08. The molecule has 0 amide bonds. The van der Waals surface area contributed by atoms with Crippen molar-refractivity contribution in [1.29, 1.82) is 0 Å². The van der Waals surface area contributed by atoms with Crippen LogP contribution in [0.1, 0.15) is 46.5 Å². The second-order valence-electron chi connectivity index (χ2n) is 7.42. The van der Waals surface area contributed by atoms with Gasteiger partial charge >= 0.3 is 7.12 Å². The van der Waals surface area contributed by atoms with Crippen LogP contribution in [0.5, 0.6) is 0 Å². The molecule has 0 spiro atoms. The lowest BCUT2D eigenvalue weighted by Gasteiger charge is -2.64. The Morgan fingerprint density at radius 1 is 1.40 bits per heavy atom. The molecule has 4 fully saturated rings. The molecule has 2 bridgehead atoms. The van der Waals surface area contributed by atoms with Crippen molar-refractivity contribution in [2.45, 2.75) is 64.1 Å². The van der Waals surface area contributed by atoms with Gasteiger partial charge in [-0.2, -0.15) is 0 Å². The van der Waals surface area contributed by atoms with E-state index in [1.807, 2.05) is 0 Å². The lowest BCUT2D eigenvalue weighted by Crippen LogP contribution is -2.65. The van der Waals surface area contributed by atoms with Crippen molar-refractivity contribution in [3.8, 4) is 0 Å². The van der Waals surface area contributed by atoms with E-state index < -0.39 is 0 Å². The summed E-state index contributed by atoms with van der Waals surface area (Å²) < 4.78 is 12.5. The molecular weight excluding hydrogens is 276 g/mol. The first kappa shape index (κ1) is 15.1. The normalized spacial score (nSPS) is 43.0. The lowest BCUT2D eigenvalue weighted by molar-refractivity contribution is -0.199. The van der Waals surface area contributed by atoms with E-state index in [9.17, 15) is 0 Å². The number of halogens is 1. The molecular formula is C14H25BClNO3. The highest BCUT2D eigenvalue weighted by Crippen LogP contribution is 2.65. The standard InChI is InChI=1S/C14H25BClNO3/c1-13(2)9-7-10(13)14(3)11(8-9)19-15(20-14)12(17-16)5-4-6-18/h9-12,17-18H,4-8H2,1-3H3/t9-,10-,11+,12-,14-/m1/s1. The SMILES string of the molecule is CC1(C)[C@H]2C[C@@H]3OB([C@@H](CCCO)NCl)O[C@]3(C)[C@@H]1C2. The van der Waals surface area contributed by atoms with Crippen LogP contribution < -0.4 is 4.84 Å². The van der Waals surface area contributed by atoms with E-state index in [2.05, 4.69) is 25.6 Å². The average Bonchev–Trinajstić information content (AvgIpc) is 2.76. The van der Waals surface area contributed by atoms with Gasteiger partial charge in [0.15, 0.2) is 0 Å². The summed E-state index contributed by atoms with van der Waals surface area (Å²) in [4.78, 5) is 2.77. The molecule has 2 N–H and O–H groups in total. The molecule has 1 heterocycles. The Morgan fingerprint density at radius 2 is 2.15 bits per heavy atom. The molecule has 0 aromatic heterocycles. The summed E-state index contributed by atoms with van der Waals surface area (Å²) in [5, 5.41) is 8.98. The lowest BCUT2D eigenvalue weighted by atomic mass is 9.43. The molecule has 4 nitrogen and oxygen atoms in total. The van der Waals surface area contributed by atoms with Gasteiger partial charge in [-0.05, 0) is 61.6 Å². The topological polar surface area (TPSA) is 50.7 Å². The zero-order chi connectivity index (χ0) is 14.5. The number of aliphatic hydroxyl groups excluding tert-OH is 1. The van der Waals surface area contributed by atoms with E-state index in [4.69, 9.17) is 26.2 Å². The molecule has 1 saturated heterocycles. The van der Waals surface area contributed by atoms with Gasteiger partial charge in [0.2, 0.25) is 0 Å². The highest BCUT2D eigenvalue weighted by atomic mass is 35.5. The number of nitrogens with one attached hydrogen (secondary N) is 1. The van der Waals surface area contributed by atoms with Crippen LogP contribution in [0.25, 0.3) is 0 Å². The van der Waals surface area contributed by atoms with Crippen molar-refractivity contribution in [2.24, 2.45) is 17.3 Å². The maximum Gasteiger partial charge on any atom is 0.477 e. The highest BCUT2D eigenvalue weighted by molar-refractivity contribution is 6.48. The van der Waals surface area contributed by atoms with Crippen LogP contribution in [0.3, 0.4) is 0 Å². The number of hydrogen-bond donors (Lipinski definition) is 2. The summed E-state index contributed by atoms with van der Waals surface area (Å²) in [5.41, 5.74) is 0.173. The van der Waals surface area contributed by atoms with Gasteiger partial charge in [0.1, 0.15) is 0 Å². The maximum absolute atomic E-state index is 8.98. The molecule has 3 saturated carbocycles. The van der Waals surface area contributed by atoms with Gasteiger partial charge in [0, 0.05) is 6.61 Å². The fourth-order valence-electron chi connectivity index (χ4n) is 4.62. The number of hydrogen-bond acceptors (Lipinski definition) is 4. The molecule has 1 aliphatic heterocycles. The van der Waals surface area contributed by atoms with Crippen LogP contribution in [-0.2, 0) is 9.31 Å². The monoisotopic (exact) mass is 301 g/mol. The second-order valence-corrected chi connectivity index (χ2v) is 7.64. The Hall–Kier alpha value is 0.195. The van der Waals surface area contributed by atoms with Crippen molar-refractivity contribution in [2.75, 3.05) is 6.61 Å². The molecule has 0 unspecified atom stereocenters. The summed E-state index contributed by atoms with van der Waals surface area (Å²) in [6, 6.07) is 0. The van der Waals surface area contributed by atoms with Gasteiger partial charge in [-0.3, -0.25) is 0 Å². The van der Waals surface area contributed by atoms with E-state index >= 15 is 0 Å². The first-order chi connectivity index (χ1) is 9.43. The van der Waals surface area contributed by atoms with Crippen molar-refractivity contribution < 1.29 is 14.4 Å². The minimum atomic E-state index is -0.302. The van der Waals surface area contributed by atoms with Gasteiger partial charge in [0.25, 0.3) is 0 Å². The van der Waals surface area contributed by atoms with E-state index in [0.717, 1.165) is 18.8 Å². The van der Waals surface area contributed by atoms with Crippen LogP contribution in [0.2, 0.25) is 0 Å². The molecule has 4 rings (SSSR count). The molecule has 0 aromatic carbocycles. The van der Waals surface area contributed by atoms with Crippen LogP contribution >= 0.6 is 11.8 Å². The molecule has 4 aliphatic rings. The van der Waals surface area contributed by atoms with Gasteiger partial charge in [-0.15, -0.1) is 0 Å². The Kier molecular flexibility index (Phi) is 3.87. The maximum atomic E-state index is 8.98. The molecule has 114 valence electrons. The third-order valence-electron chi connectivity index (χ3n) is 6.11. The van der Waals surface area contributed by atoms with Crippen molar-refractivity contribution in [3.63, 3.8) is 0 Å². The Balaban J connectivity index is 1.72. The van der Waals surface area contributed by atoms with Crippen molar-refractivity contribution >= 4 is 18.9 Å². The summed E-state index contributed by atoms with van der Waals surface area (Å²) in [7, 11) is -0.302.